The zero-order valence-corrected chi connectivity index (χ0v) is 15.7. The molecule has 2 aromatic heterocycles. The Morgan fingerprint density at radius 1 is 0.889 bits per heavy atom. The summed E-state index contributed by atoms with van der Waals surface area (Å²) in [7, 11) is 0. The number of nitrogens with zero attached hydrogens (tertiary/aromatic N) is 2. The van der Waals surface area contributed by atoms with Gasteiger partial charge >= 0.3 is 0 Å². The number of amides is 1. The first kappa shape index (κ1) is 17.4. The largest absolute Gasteiger partial charge is 0.322 e. The summed E-state index contributed by atoms with van der Waals surface area (Å²) >= 11 is 7.44. The van der Waals surface area contributed by atoms with Crippen molar-refractivity contribution < 1.29 is 4.79 Å². The van der Waals surface area contributed by atoms with Gasteiger partial charge in [-0.15, -0.1) is 11.3 Å². The maximum absolute atomic E-state index is 12.3. The third kappa shape index (κ3) is 4.05. The van der Waals surface area contributed by atoms with Crippen LogP contribution in [0.15, 0.2) is 78.4 Å². The number of halogens is 1. The van der Waals surface area contributed by atoms with Gasteiger partial charge in [0.1, 0.15) is 5.01 Å². The molecule has 0 saturated heterocycles. The predicted octanol–water partition coefficient (Wildman–Crippen LogP) is 5.78. The van der Waals surface area contributed by atoms with E-state index in [1.807, 2.05) is 41.8 Å². The molecule has 2 aromatic carbocycles. The predicted molar refractivity (Wildman–Crippen MR) is 110 cm³/mol. The summed E-state index contributed by atoms with van der Waals surface area (Å²) in [5.74, 6) is -0.173. The molecular formula is C21H14ClN3OS. The number of benzene rings is 2. The molecule has 2 heterocycles. The van der Waals surface area contributed by atoms with Crippen LogP contribution in [-0.2, 0) is 0 Å². The van der Waals surface area contributed by atoms with Gasteiger partial charge in [0.2, 0.25) is 0 Å². The average Bonchev–Trinajstić information content (AvgIpc) is 3.20. The third-order valence-corrected chi connectivity index (χ3v) is 5.12. The first-order valence-electron chi connectivity index (χ1n) is 8.22. The fourth-order valence-corrected chi connectivity index (χ4v) is 3.52. The van der Waals surface area contributed by atoms with E-state index in [9.17, 15) is 4.79 Å². The molecule has 132 valence electrons. The van der Waals surface area contributed by atoms with E-state index in [1.165, 1.54) is 0 Å². The Kier molecular flexibility index (Phi) is 4.96. The van der Waals surface area contributed by atoms with Crippen LogP contribution in [0.25, 0.3) is 21.8 Å². The van der Waals surface area contributed by atoms with Crippen molar-refractivity contribution in [1.29, 1.82) is 0 Å². The molecule has 4 rings (SSSR count). The lowest BCUT2D eigenvalue weighted by Crippen LogP contribution is -2.11. The topological polar surface area (TPSA) is 54.9 Å². The Balaban J connectivity index is 1.48. The van der Waals surface area contributed by atoms with Crippen molar-refractivity contribution in [3.8, 4) is 21.8 Å². The fraction of sp³-hybridized carbons (Fsp3) is 0. The molecule has 0 radical (unpaired) electrons. The van der Waals surface area contributed by atoms with Gasteiger partial charge in [0.05, 0.1) is 5.69 Å². The summed E-state index contributed by atoms with van der Waals surface area (Å²) in [6.07, 6.45) is 3.52. The standard InChI is InChI=1S/C21H14ClN3OS/c22-17-5-1-15(2-6-17)20(26)24-18-7-3-14(4-8-18)19-13-27-21(25-19)16-9-11-23-12-10-16/h1-13H,(H,24,26). The molecule has 0 aliphatic heterocycles. The van der Waals surface area contributed by atoms with Gasteiger partial charge in [-0.2, -0.15) is 0 Å². The number of nitrogens with one attached hydrogen (secondary N) is 1. The Hall–Kier alpha value is -3.02. The van der Waals surface area contributed by atoms with Crippen LogP contribution in [0, 0.1) is 0 Å². The monoisotopic (exact) mass is 391 g/mol. The first-order chi connectivity index (χ1) is 13.2. The summed E-state index contributed by atoms with van der Waals surface area (Å²) in [6, 6.07) is 18.3. The van der Waals surface area contributed by atoms with E-state index in [0.29, 0.717) is 10.6 Å². The maximum atomic E-state index is 12.3. The Bertz CT molecular complexity index is 1060. The lowest BCUT2D eigenvalue weighted by molar-refractivity contribution is 0.102. The third-order valence-electron chi connectivity index (χ3n) is 3.98. The van der Waals surface area contributed by atoms with Crippen LogP contribution in [0.1, 0.15) is 10.4 Å². The minimum atomic E-state index is -0.173. The second-order valence-corrected chi connectivity index (χ2v) is 7.11. The van der Waals surface area contributed by atoms with E-state index in [2.05, 4.69) is 15.3 Å². The molecule has 4 nitrogen and oxygen atoms in total. The zero-order chi connectivity index (χ0) is 18.6. The van der Waals surface area contributed by atoms with Crippen LogP contribution >= 0.6 is 22.9 Å². The normalized spacial score (nSPS) is 10.6. The van der Waals surface area contributed by atoms with Gasteiger partial charge in [0.25, 0.3) is 5.91 Å². The maximum Gasteiger partial charge on any atom is 0.255 e. The molecule has 0 spiro atoms. The number of carbonyl (C=O) groups excluding carboxylic acids is 1. The molecule has 0 saturated carbocycles. The van der Waals surface area contributed by atoms with Crippen LogP contribution in [0.3, 0.4) is 0 Å². The van der Waals surface area contributed by atoms with Crippen LogP contribution in [0.2, 0.25) is 5.02 Å². The van der Waals surface area contributed by atoms with Crippen molar-refractivity contribution in [3.05, 3.63) is 89.0 Å². The second kappa shape index (κ2) is 7.70. The quantitative estimate of drug-likeness (QED) is 0.480. The molecule has 0 fully saturated rings. The smallest absolute Gasteiger partial charge is 0.255 e. The highest BCUT2D eigenvalue weighted by Gasteiger charge is 2.08. The molecule has 0 aliphatic carbocycles. The number of aromatic nitrogens is 2. The van der Waals surface area contributed by atoms with Gasteiger partial charge in [-0.3, -0.25) is 9.78 Å². The van der Waals surface area contributed by atoms with Gasteiger partial charge in [-0.05, 0) is 48.5 Å². The van der Waals surface area contributed by atoms with Crippen LogP contribution in [0.5, 0.6) is 0 Å². The average molecular weight is 392 g/mol. The molecule has 6 heteroatoms. The summed E-state index contributed by atoms with van der Waals surface area (Å²) in [5, 5.41) is 6.46. The van der Waals surface area contributed by atoms with Crippen molar-refractivity contribution in [2.75, 3.05) is 5.32 Å². The number of rotatable bonds is 4. The highest BCUT2D eigenvalue weighted by molar-refractivity contribution is 7.13. The van der Waals surface area contributed by atoms with Crippen molar-refractivity contribution in [1.82, 2.24) is 9.97 Å². The van der Waals surface area contributed by atoms with Gasteiger partial charge < -0.3 is 5.32 Å². The molecule has 1 amide bonds. The fourth-order valence-electron chi connectivity index (χ4n) is 2.56. The number of thiazole rings is 1. The number of carbonyl (C=O) groups is 1. The lowest BCUT2D eigenvalue weighted by atomic mass is 10.1. The Labute approximate surface area is 165 Å². The first-order valence-corrected chi connectivity index (χ1v) is 9.48. The van der Waals surface area contributed by atoms with E-state index in [1.54, 1.807) is 48.0 Å². The minimum Gasteiger partial charge on any atom is -0.322 e. The highest BCUT2D eigenvalue weighted by Crippen LogP contribution is 2.29. The number of hydrogen-bond donors (Lipinski definition) is 1. The minimum absolute atomic E-state index is 0.173. The van der Waals surface area contributed by atoms with Gasteiger partial charge in [-0.1, -0.05) is 23.7 Å². The van der Waals surface area contributed by atoms with E-state index in [4.69, 9.17) is 11.6 Å². The second-order valence-electron chi connectivity index (χ2n) is 5.81. The number of anilines is 1. The molecule has 4 aromatic rings. The van der Waals surface area contributed by atoms with Crippen molar-refractivity contribution in [2.45, 2.75) is 0 Å². The molecule has 1 N–H and O–H groups in total. The van der Waals surface area contributed by atoms with Crippen LogP contribution in [0.4, 0.5) is 5.69 Å². The zero-order valence-electron chi connectivity index (χ0n) is 14.1. The SMILES string of the molecule is O=C(Nc1ccc(-c2csc(-c3ccncc3)n2)cc1)c1ccc(Cl)cc1. The summed E-state index contributed by atoms with van der Waals surface area (Å²) in [5.41, 5.74) is 4.24. The van der Waals surface area contributed by atoms with E-state index < -0.39 is 0 Å². The van der Waals surface area contributed by atoms with Gasteiger partial charge in [0.15, 0.2) is 0 Å². The summed E-state index contributed by atoms with van der Waals surface area (Å²) < 4.78 is 0. The molecule has 0 bridgehead atoms. The molecule has 0 aliphatic rings. The number of pyridine rings is 1. The van der Waals surface area contributed by atoms with Crippen molar-refractivity contribution in [2.24, 2.45) is 0 Å². The van der Waals surface area contributed by atoms with Gasteiger partial charge in [0, 0.05) is 45.2 Å². The van der Waals surface area contributed by atoms with E-state index >= 15 is 0 Å². The summed E-state index contributed by atoms with van der Waals surface area (Å²) in [4.78, 5) is 21.0. The van der Waals surface area contributed by atoms with Crippen molar-refractivity contribution in [3.63, 3.8) is 0 Å². The summed E-state index contributed by atoms with van der Waals surface area (Å²) in [6.45, 7) is 0. The molecule has 27 heavy (non-hydrogen) atoms. The molecular weight excluding hydrogens is 378 g/mol. The van der Waals surface area contributed by atoms with Gasteiger partial charge in [-0.25, -0.2) is 4.98 Å². The highest BCUT2D eigenvalue weighted by atomic mass is 35.5. The van der Waals surface area contributed by atoms with Crippen LogP contribution < -0.4 is 5.32 Å². The van der Waals surface area contributed by atoms with Crippen LogP contribution in [-0.4, -0.2) is 15.9 Å². The Morgan fingerprint density at radius 2 is 1.59 bits per heavy atom. The van der Waals surface area contributed by atoms with E-state index in [-0.39, 0.29) is 5.91 Å². The van der Waals surface area contributed by atoms with E-state index in [0.717, 1.165) is 27.5 Å². The molecule has 0 atom stereocenters. The Morgan fingerprint density at radius 3 is 2.30 bits per heavy atom. The number of hydrogen-bond acceptors (Lipinski definition) is 4. The van der Waals surface area contributed by atoms with Crippen molar-refractivity contribution >= 4 is 34.5 Å². The lowest BCUT2D eigenvalue weighted by Gasteiger charge is -2.06. The molecule has 0 unspecified atom stereocenters.